The topological polar surface area (TPSA) is 179 Å². The fraction of sp³-hybridized carbons (Fsp3) is 0.529. The van der Waals surface area contributed by atoms with E-state index in [-0.39, 0.29) is 48.6 Å². The van der Waals surface area contributed by atoms with Crippen LogP contribution in [0.3, 0.4) is 0 Å². The number of terminal acetylenes is 1. The number of ether oxygens (including phenoxy) is 4. The summed E-state index contributed by atoms with van der Waals surface area (Å²) < 4.78 is 24.0. The van der Waals surface area contributed by atoms with Gasteiger partial charge in [0.2, 0.25) is 11.9 Å². The number of H-pyrrole nitrogens is 1. The van der Waals surface area contributed by atoms with Crippen molar-refractivity contribution in [1.82, 2.24) is 29.7 Å². The maximum Gasteiger partial charge on any atom is 0.508 e. The Labute approximate surface area is 284 Å². The third-order valence-electron chi connectivity index (χ3n) is 8.42. The van der Waals surface area contributed by atoms with E-state index in [1.165, 1.54) is 24.2 Å². The van der Waals surface area contributed by atoms with Crippen molar-refractivity contribution in [3.8, 4) is 12.3 Å². The number of hydrogen-bond donors (Lipinski definition) is 3. The SMILES string of the molecule is C#Cc1ccc(CN(CCOC(=O)OCC2O[C@@H](n3cnc4c(=O)[nH]c(NC(=O)C(C)C)nc43)C[C@H]2OC(C)=O)CC2CCCCN2)cc1. The molecule has 5 rings (SSSR count). The molecule has 4 heterocycles. The van der Waals surface area contributed by atoms with E-state index >= 15 is 0 Å². The molecule has 2 saturated heterocycles. The van der Waals surface area contributed by atoms with Crippen molar-refractivity contribution < 1.29 is 33.3 Å². The average Bonchev–Trinajstić information content (AvgIpc) is 3.68. The van der Waals surface area contributed by atoms with Crippen molar-refractivity contribution >= 4 is 35.1 Å². The van der Waals surface area contributed by atoms with Crippen molar-refractivity contribution in [3.63, 3.8) is 0 Å². The Morgan fingerprint density at radius 1 is 1.20 bits per heavy atom. The highest BCUT2D eigenvalue weighted by atomic mass is 16.7. The van der Waals surface area contributed by atoms with Crippen LogP contribution in [0.1, 0.15) is 63.8 Å². The summed E-state index contributed by atoms with van der Waals surface area (Å²) in [5.41, 5.74) is 1.57. The summed E-state index contributed by atoms with van der Waals surface area (Å²) in [5, 5.41) is 6.15. The Hall–Kier alpha value is -4.78. The van der Waals surface area contributed by atoms with E-state index in [4.69, 9.17) is 25.4 Å². The molecule has 262 valence electrons. The number of benzene rings is 1. The number of nitrogens with zero attached hydrogens (tertiary/aromatic N) is 4. The van der Waals surface area contributed by atoms with E-state index in [0.717, 1.165) is 37.1 Å². The lowest BCUT2D eigenvalue weighted by molar-refractivity contribution is -0.150. The van der Waals surface area contributed by atoms with Crippen LogP contribution in [0.4, 0.5) is 10.7 Å². The molecule has 4 atom stereocenters. The first-order valence-electron chi connectivity index (χ1n) is 16.5. The molecule has 0 bridgehead atoms. The molecule has 2 aliphatic heterocycles. The van der Waals surface area contributed by atoms with Gasteiger partial charge in [-0.2, -0.15) is 4.98 Å². The number of carbonyl (C=O) groups is 3. The third kappa shape index (κ3) is 9.65. The van der Waals surface area contributed by atoms with Crippen LogP contribution in [-0.4, -0.2) is 93.5 Å². The second-order valence-corrected chi connectivity index (χ2v) is 12.5. The van der Waals surface area contributed by atoms with E-state index in [9.17, 15) is 19.2 Å². The predicted molar refractivity (Wildman–Crippen MR) is 178 cm³/mol. The first-order valence-corrected chi connectivity index (χ1v) is 16.5. The van der Waals surface area contributed by atoms with Crippen molar-refractivity contribution in [2.24, 2.45) is 5.92 Å². The van der Waals surface area contributed by atoms with Gasteiger partial charge >= 0.3 is 12.1 Å². The zero-order chi connectivity index (χ0) is 34.9. The second-order valence-electron chi connectivity index (χ2n) is 12.5. The van der Waals surface area contributed by atoms with Crippen molar-refractivity contribution in [3.05, 3.63) is 52.1 Å². The molecule has 3 aromatic rings. The molecule has 3 N–H and O–H groups in total. The van der Waals surface area contributed by atoms with Gasteiger partial charge in [-0.05, 0) is 37.1 Å². The number of amides is 1. The average molecular weight is 678 g/mol. The number of aromatic amines is 1. The minimum absolute atomic E-state index is 0.0366. The summed E-state index contributed by atoms with van der Waals surface area (Å²) in [6.07, 6.45) is 7.23. The minimum Gasteiger partial charge on any atom is -0.459 e. The molecule has 0 saturated carbocycles. The Kier molecular flexibility index (Phi) is 12.0. The zero-order valence-electron chi connectivity index (χ0n) is 28.0. The second kappa shape index (κ2) is 16.6. The molecule has 0 spiro atoms. The Balaban J connectivity index is 1.18. The molecule has 15 heteroatoms. The number of nitrogens with one attached hydrogen (secondary N) is 3. The van der Waals surface area contributed by atoms with Crippen LogP contribution < -0.4 is 16.2 Å². The first-order chi connectivity index (χ1) is 23.6. The van der Waals surface area contributed by atoms with Gasteiger partial charge in [0.25, 0.3) is 5.56 Å². The van der Waals surface area contributed by atoms with Gasteiger partial charge in [0.1, 0.15) is 31.6 Å². The molecule has 0 aliphatic carbocycles. The van der Waals surface area contributed by atoms with Crippen LogP contribution in [-0.2, 0) is 35.1 Å². The van der Waals surface area contributed by atoms with Crippen LogP contribution in [0.5, 0.6) is 0 Å². The number of carbonyl (C=O) groups excluding carboxylic acids is 3. The number of anilines is 1. The van der Waals surface area contributed by atoms with E-state index in [0.29, 0.717) is 19.1 Å². The van der Waals surface area contributed by atoms with Crippen LogP contribution in [0.15, 0.2) is 35.4 Å². The molecule has 2 aromatic heterocycles. The summed E-state index contributed by atoms with van der Waals surface area (Å²) in [4.78, 5) is 62.7. The number of fused-ring (bicyclic) bond motifs is 1. The lowest BCUT2D eigenvalue weighted by Crippen LogP contribution is -2.44. The Morgan fingerprint density at radius 2 is 2.00 bits per heavy atom. The summed E-state index contributed by atoms with van der Waals surface area (Å²) in [6.45, 7) is 7.49. The summed E-state index contributed by atoms with van der Waals surface area (Å²) >= 11 is 0. The van der Waals surface area contributed by atoms with Gasteiger partial charge in [0.15, 0.2) is 11.2 Å². The van der Waals surface area contributed by atoms with E-state index in [2.05, 4.69) is 36.4 Å². The molecule has 1 amide bonds. The fourth-order valence-corrected chi connectivity index (χ4v) is 5.86. The Bertz CT molecular complexity index is 1710. The smallest absolute Gasteiger partial charge is 0.459 e. The fourth-order valence-electron chi connectivity index (χ4n) is 5.86. The highest BCUT2D eigenvalue weighted by molar-refractivity contribution is 5.91. The first kappa shape index (κ1) is 35.5. The van der Waals surface area contributed by atoms with Crippen LogP contribution in [0, 0.1) is 18.3 Å². The summed E-state index contributed by atoms with van der Waals surface area (Å²) in [6, 6.07) is 8.18. The molecular formula is C34H43N7O8. The van der Waals surface area contributed by atoms with Crippen LogP contribution in [0.25, 0.3) is 11.2 Å². The molecule has 1 aromatic carbocycles. The van der Waals surface area contributed by atoms with Crippen LogP contribution >= 0.6 is 0 Å². The highest BCUT2D eigenvalue weighted by Crippen LogP contribution is 2.33. The molecule has 15 nitrogen and oxygen atoms in total. The third-order valence-corrected chi connectivity index (χ3v) is 8.42. The molecule has 49 heavy (non-hydrogen) atoms. The van der Waals surface area contributed by atoms with E-state index in [1.54, 1.807) is 13.8 Å². The molecule has 2 unspecified atom stereocenters. The highest BCUT2D eigenvalue weighted by Gasteiger charge is 2.40. The maximum absolute atomic E-state index is 12.7. The number of esters is 1. The lowest BCUT2D eigenvalue weighted by atomic mass is 10.0. The zero-order valence-corrected chi connectivity index (χ0v) is 28.0. The summed E-state index contributed by atoms with van der Waals surface area (Å²) in [7, 11) is 0. The number of rotatable bonds is 13. The van der Waals surface area contributed by atoms with Gasteiger partial charge in [-0.25, -0.2) is 9.78 Å². The lowest BCUT2D eigenvalue weighted by Gasteiger charge is -2.30. The predicted octanol–water partition coefficient (Wildman–Crippen LogP) is 2.71. The number of imidazole rings is 1. The molecule has 0 radical (unpaired) electrons. The largest absolute Gasteiger partial charge is 0.508 e. The van der Waals surface area contributed by atoms with Crippen molar-refractivity contribution in [2.45, 2.75) is 77.5 Å². The van der Waals surface area contributed by atoms with Crippen LogP contribution in [0.2, 0.25) is 0 Å². The van der Waals surface area contributed by atoms with Gasteiger partial charge in [0.05, 0.1) is 6.33 Å². The number of hydrogen-bond acceptors (Lipinski definition) is 12. The quantitative estimate of drug-likeness (QED) is 0.178. The standard InChI is InChI=1S/C34H43N7O8/c1-5-23-9-11-24(12-10-23)17-40(18-25-8-6-7-13-35-25)14-15-46-34(45)47-19-27-26(48-22(4)42)16-28(49-27)41-20-36-29-30(41)37-33(39-32(29)44)38-31(43)21(2)3/h1,9-12,20-21,25-28,35H,6-8,13-19H2,2-4H3,(H2,37,38,39,43,44)/t25?,26-,27?,28-/m1/s1. The number of piperidine rings is 1. The van der Waals surface area contributed by atoms with Gasteiger partial charge in [0, 0.05) is 50.5 Å². The Morgan fingerprint density at radius 3 is 2.69 bits per heavy atom. The van der Waals surface area contributed by atoms with Gasteiger partial charge < -0.3 is 24.3 Å². The minimum atomic E-state index is -0.880. The van der Waals surface area contributed by atoms with E-state index in [1.807, 2.05) is 24.3 Å². The molecular weight excluding hydrogens is 634 g/mol. The van der Waals surface area contributed by atoms with E-state index < -0.39 is 36.1 Å². The van der Waals surface area contributed by atoms with Crippen molar-refractivity contribution in [1.29, 1.82) is 0 Å². The van der Waals surface area contributed by atoms with Gasteiger partial charge in [-0.1, -0.05) is 38.3 Å². The number of aromatic nitrogens is 4. The molecule has 2 fully saturated rings. The normalized spacial score (nSPS) is 20.7. The van der Waals surface area contributed by atoms with Gasteiger partial charge in [-0.3, -0.25) is 34.2 Å². The summed E-state index contributed by atoms with van der Waals surface area (Å²) in [5.74, 6) is 1.40. The monoisotopic (exact) mass is 677 g/mol. The maximum atomic E-state index is 12.7. The van der Waals surface area contributed by atoms with Gasteiger partial charge in [-0.15, -0.1) is 6.42 Å². The van der Waals surface area contributed by atoms with Crippen molar-refractivity contribution in [2.75, 3.05) is 38.2 Å². The molecule has 2 aliphatic rings.